The van der Waals surface area contributed by atoms with E-state index in [0.717, 1.165) is 0 Å². The summed E-state index contributed by atoms with van der Waals surface area (Å²) in [7, 11) is 0. The molecule has 0 aliphatic carbocycles. The van der Waals surface area contributed by atoms with Crippen molar-refractivity contribution in [2.24, 2.45) is 0 Å². The summed E-state index contributed by atoms with van der Waals surface area (Å²) in [4.78, 5) is 30.3. The van der Waals surface area contributed by atoms with Crippen molar-refractivity contribution in [2.45, 2.75) is 18.4 Å². The van der Waals surface area contributed by atoms with Crippen LogP contribution >= 0.6 is 0 Å². The molecule has 9 heteroatoms. The Balaban J connectivity index is -0.000000720. The minimum absolute atomic E-state index is 0. The standard InChI is InChI=1S/C6H8O7.Cu.H2O/c7-3(8)1-6(13,5(11)12)2-4(9)10;;/h13H,1-2H2,(H,7,8)(H,9,10)(H,11,12);;1H2/q;+1;/p-1. The number of rotatable bonds is 5. The van der Waals surface area contributed by atoms with Crippen LogP contribution in [0.25, 0.3) is 0 Å². The summed E-state index contributed by atoms with van der Waals surface area (Å²) in [6.07, 6.45) is -2.44. The Morgan fingerprint density at radius 2 is 1.53 bits per heavy atom. The fourth-order valence-electron chi connectivity index (χ4n) is 0.703. The third kappa shape index (κ3) is 6.86. The molecular weight excluding hydrogens is 264 g/mol. The maximum Gasteiger partial charge on any atom is 1.00 e. The van der Waals surface area contributed by atoms with Crippen LogP contribution < -0.4 is 5.11 Å². The summed E-state index contributed by atoms with van der Waals surface area (Å²) in [5.74, 6) is -5.34. The van der Waals surface area contributed by atoms with Crippen molar-refractivity contribution in [1.29, 1.82) is 0 Å². The second-order valence-corrected chi connectivity index (χ2v) is 2.46. The Morgan fingerprint density at radius 1 is 1.13 bits per heavy atom. The van der Waals surface area contributed by atoms with E-state index in [4.69, 9.17) is 15.3 Å². The van der Waals surface area contributed by atoms with Gasteiger partial charge in [0.15, 0.2) is 5.60 Å². The first-order valence-electron chi connectivity index (χ1n) is 3.15. The van der Waals surface area contributed by atoms with Crippen molar-refractivity contribution in [3.63, 3.8) is 0 Å². The van der Waals surface area contributed by atoms with Gasteiger partial charge < -0.3 is 30.7 Å². The van der Waals surface area contributed by atoms with Crippen molar-refractivity contribution < 1.29 is 57.4 Å². The van der Waals surface area contributed by atoms with E-state index >= 15 is 0 Å². The third-order valence-electron chi connectivity index (χ3n) is 1.28. The number of carboxylic acid groups (broad SMARTS) is 3. The number of aliphatic carboxylic acids is 3. The molecule has 0 bridgehead atoms. The normalized spacial score (nSPS) is 12.6. The van der Waals surface area contributed by atoms with Crippen LogP contribution in [0.3, 0.4) is 0 Å². The molecule has 8 nitrogen and oxygen atoms in total. The molecule has 0 aromatic rings. The fraction of sp³-hybridized carbons (Fsp3) is 0.500. The van der Waals surface area contributed by atoms with Crippen molar-refractivity contribution in [3.8, 4) is 0 Å². The van der Waals surface area contributed by atoms with Crippen molar-refractivity contribution in [2.75, 3.05) is 0 Å². The molecule has 5 N–H and O–H groups in total. The molecule has 1 unspecified atom stereocenters. The molecule has 0 amide bonds. The van der Waals surface area contributed by atoms with Crippen LogP contribution in [0.2, 0.25) is 0 Å². The van der Waals surface area contributed by atoms with E-state index in [2.05, 4.69) is 0 Å². The predicted molar refractivity (Wildman–Crippen MR) is 38.1 cm³/mol. The zero-order valence-corrected chi connectivity index (χ0v) is 8.13. The summed E-state index contributed by atoms with van der Waals surface area (Å²) in [5.41, 5.74) is -2.80. The first-order valence-corrected chi connectivity index (χ1v) is 3.15. The SMILES string of the molecule is O.O=C([O-])CC(O)(CC(=O)O)C(=O)O.[Cu+]. The summed E-state index contributed by atoms with van der Waals surface area (Å²) >= 11 is 0. The van der Waals surface area contributed by atoms with Gasteiger partial charge in [-0.1, -0.05) is 0 Å². The smallest absolute Gasteiger partial charge is 0.550 e. The van der Waals surface area contributed by atoms with E-state index < -0.39 is 36.4 Å². The molecular formula is C6H9CuO8. The van der Waals surface area contributed by atoms with Crippen LogP contribution in [0.15, 0.2) is 0 Å². The Labute approximate surface area is 94.3 Å². The van der Waals surface area contributed by atoms with Gasteiger partial charge in [0.05, 0.1) is 6.42 Å². The van der Waals surface area contributed by atoms with Gasteiger partial charge in [-0.25, -0.2) is 4.79 Å². The van der Waals surface area contributed by atoms with Crippen LogP contribution in [-0.4, -0.2) is 44.3 Å². The number of aliphatic hydroxyl groups is 1. The molecule has 0 heterocycles. The molecule has 15 heavy (non-hydrogen) atoms. The van der Waals surface area contributed by atoms with Crippen LogP contribution in [0.1, 0.15) is 12.8 Å². The van der Waals surface area contributed by atoms with E-state index in [0.29, 0.717) is 0 Å². The Kier molecular flexibility index (Phi) is 9.30. The molecule has 92 valence electrons. The molecule has 0 saturated heterocycles. The van der Waals surface area contributed by atoms with Crippen LogP contribution in [0.5, 0.6) is 0 Å². The van der Waals surface area contributed by atoms with Gasteiger partial charge in [0.1, 0.15) is 0 Å². The van der Waals surface area contributed by atoms with Gasteiger partial charge in [-0.3, -0.25) is 4.79 Å². The number of hydrogen-bond acceptors (Lipinski definition) is 5. The molecule has 0 radical (unpaired) electrons. The zero-order valence-electron chi connectivity index (χ0n) is 7.19. The maximum absolute atomic E-state index is 10.3. The predicted octanol–water partition coefficient (Wildman–Crippen LogP) is -3.41. The topological polar surface area (TPSA) is 166 Å². The molecule has 0 aliphatic heterocycles. The summed E-state index contributed by atoms with van der Waals surface area (Å²) in [6.45, 7) is 0. The van der Waals surface area contributed by atoms with Crippen molar-refractivity contribution >= 4 is 17.9 Å². The molecule has 0 fully saturated rings. The minimum atomic E-state index is -2.80. The second kappa shape index (κ2) is 7.18. The van der Waals surface area contributed by atoms with Gasteiger partial charge in [0, 0.05) is 12.4 Å². The average Bonchev–Trinajstić information content (AvgIpc) is 1.82. The monoisotopic (exact) mass is 272 g/mol. The number of carboxylic acids is 3. The molecule has 0 rings (SSSR count). The third-order valence-corrected chi connectivity index (χ3v) is 1.28. The van der Waals surface area contributed by atoms with E-state index in [-0.39, 0.29) is 22.5 Å². The van der Waals surface area contributed by atoms with Gasteiger partial charge in [-0.15, -0.1) is 0 Å². The van der Waals surface area contributed by atoms with E-state index in [9.17, 15) is 19.5 Å². The average molecular weight is 273 g/mol. The molecule has 0 aliphatic rings. The number of hydrogen-bond donors (Lipinski definition) is 3. The summed E-state index contributed by atoms with van der Waals surface area (Å²) < 4.78 is 0. The molecule has 0 aromatic carbocycles. The van der Waals surface area contributed by atoms with E-state index in [1.165, 1.54) is 0 Å². The first-order chi connectivity index (χ1) is 5.78. The van der Waals surface area contributed by atoms with Crippen LogP contribution in [0.4, 0.5) is 0 Å². The number of carbonyl (C=O) groups is 3. The second-order valence-electron chi connectivity index (χ2n) is 2.46. The summed E-state index contributed by atoms with van der Waals surface area (Å²) in [6, 6.07) is 0. The Hall–Kier alpha value is -1.15. The Morgan fingerprint density at radius 3 is 1.73 bits per heavy atom. The van der Waals surface area contributed by atoms with Crippen molar-refractivity contribution in [1.82, 2.24) is 0 Å². The van der Waals surface area contributed by atoms with Gasteiger partial charge in [0.25, 0.3) is 0 Å². The van der Waals surface area contributed by atoms with Gasteiger partial charge in [0.2, 0.25) is 0 Å². The van der Waals surface area contributed by atoms with E-state index in [1.54, 1.807) is 0 Å². The first kappa shape index (κ1) is 19.4. The summed E-state index contributed by atoms with van der Waals surface area (Å²) in [5, 5.41) is 35.5. The quantitative estimate of drug-likeness (QED) is 0.438. The van der Waals surface area contributed by atoms with Crippen LogP contribution in [0, 0.1) is 0 Å². The van der Waals surface area contributed by atoms with Gasteiger partial charge >= 0.3 is 29.0 Å². The minimum Gasteiger partial charge on any atom is -0.550 e. The fourth-order valence-corrected chi connectivity index (χ4v) is 0.703. The molecule has 1 atom stereocenters. The van der Waals surface area contributed by atoms with Crippen LogP contribution in [-0.2, 0) is 31.5 Å². The molecule has 0 aromatic heterocycles. The number of carbonyl (C=O) groups excluding carboxylic acids is 1. The largest absolute Gasteiger partial charge is 1.00 e. The Bertz CT molecular complexity index is 234. The zero-order chi connectivity index (χ0) is 10.6. The van der Waals surface area contributed by atoms with Gasteiger partial charge in [-0.05, 0) is 0 Å². The van der Waals surface area contributed by atoms with Gasteiger partial charge in [-0.2, -0.15) is 0 Å². The molecule has 0 spiro atoms. The van der Waals surface area contributed by atoms with E-state index in [1.807, 2.05) is 0 Å². The maximum atomic E-state index is 10.3. The van der Waals surface area contributed by atoms with Crippen molar-refractivity contribution in [3.05, 3.63) is 0 Å². The molecule has 0 saturated carbocycles.